The Morgan fingerprint density at radius 2 is 1.89 bits per heavy atom. The van der Waals surface area contributed by atoms with Crippen molar-refractivity contribution >= 4 is 42.2 Å². The van der Waals surface area contributed by atoms with E-state index in [1.807, 2.05) is 24.3 Å². The number of fused-ring (bicyclic) bond motifs is 2. The van der Waals surface area contributed by atoms with Crippen LogP contribution in [0.1, 0.15) is 31.6 Å². The van der Waals surface area contributed by atoms with E-state index < -0.39 is 9.84 Å². The Labute approximate surface area is 168 Å². The van der Waals surface area contributed by atoms with Gasteiger partial charge in [-0.3, -0.25) is 0 Å². The summed E-state index contributed by atoms with van der Waals surface area (Å²) in [5, 5.41) is 3.29. The molecule has 0 aliphatic rings. The quantitative estimate of drug-likeness (QED) is 0.388. The van der Waals surface area contributed by atoms with Gasteiger partial charge in [-0.1, -0.05) is 32.0 Å². The molecule has 0 unspecified atom stereocenters. The van der Waals surface area contributed by atoms with Gasteiger partial charge >= 0.3 is 0 Å². The summed E-state index contributed by atoms with van der Waals surface area (Å²) in [6, 6.07) is 10.9. The maximum absolute atomic E-state index is 13.5. The Bertz CT molecular complexity index is 1260. The van der Waals surface area contributed by atoms with E-state index in [0.717, 1.165) is 46.1 Å². The monoisotopic (exact) mass is 414 g/mol. The predicted molar refractivity (Wildman–Crippen MR) is 113 cm³/mol. The van der Waals surface area contributed by atoms with E-state index in [4.69, 9.17) is 9.15 Å². The number of ether oxygens (including phenoxy) is 1. The third-order valence-corrected chi connectivity index (χ3v) is 7.90. The van der Waals surface area contributed by atoms with Crippen LogP contribution in [0.4, 0.5) is 0 Å². The van der Waals surface area contributed by atoms with Crippen molar-refractivity contribution in [1.82, 2.24) is 0 Å². The molecule has 0 saturated carbocycles. The first kappa shape index (κ1) is 19.0. The number of thiophene rings is 1. The summed E-state index contributed by atoms with van der Waals surface area (Å²) >= 11 is 1.44. The fraction of sp³-hybridized carbons (Fsp3) is 0.273. The molecule has 28 heavy (non-hydrogen) atoms. The number of benzene rings is 2. The molecule has 0 fully saturated rings. The molecule has 0 spiro atoms. The average molecular weight is 415 g/mol. The van der Waals surface area contributed by atoms with E-state index in [1.165, 1.54) is 11.3 Å². The molecule has 0 aliphatic heterocycles. The highest BCUT2D eigenvalue weighted by Crippen LogP contribution is 2.39. The second kappa shape index (κ2) is 7.26. The van der Waals surface area contributed by atoms with E-state index in [-0.39, 0.29) is 4.90 Å². The van der Waals surface area contributed by atoms with Crippen LogP contribution in [-0.4, -0.2) is 15.5 Å². The zero-order valence-corrected chi connectivity index (χ0v) is 17.7. The molecule has 6 heteroatoms. The van der Waals surface area contributed by atoms with Gasteiger partial charge in [0, 0.05) is 38.9 Å². The molecule has 4 nitrogen and oxygen atoms in total. The van der Waals surface area contributed by atoms with Crippen molar-refractivity contribution in [3.8, 4) is 5.75 Å². The Kier molecular flexibility index (Phi) is 4.93. The maximum atomic E-state index is 13.5. The van der Waals surface area contributed by atoms with Gasteiger partial charge in [-0.25, -0.2) is 8.42 Å². The number of methoxy groups -OCH3 is 1. The minimum absolute atomic E-state index is 0.235. The van der Waals surface area contributed by atoms with Crippen LogP contribution < -0.4 is 4.74 Å². The van der Waals surface area contributed by atoms with Crippen LogP contribution in [-0.2, 0) is 22.7 Å². The van der Waals surface area contributed by atoms with Crippen LogP contribution in [0.15, 0.2) is 56.0 Å². The topological polar surface area (TPSA) is 56.5 Å². The standard InChI is InChI=1S/C22H22O4S2/c1-4-8-18-15(5-2)17-11-14(12-19(25-3)22(17)26-18)28(23,24)21-13-27-20-10-7-6-9-16(20)21/h6-7,9-13H,4-5,8H2,1-3H3. The second-order valence-corrected chi connectivity index (χ2v) is 9.54. The molecular formula is C22H22O4S2. The highest BCUT2D eigenvalue weighted by Gasteiger charge is 2.26. The number of sulfone groups is 1. The van der Waals surface area contributed by atoms with Crippen LogP contribution in [0.25, 0.3) is 21.1 Å². The lowest BCUT2D eigenvalue weighted by Gasteiger charge is -2.08. The van der Waals surface area contributed by atoms with E-state index >= 15 is 0 Å². The first-order valence-corrected chi connectivity index (χ1v) is 11.7. The van der Waals surface area contributed by atoms with E-state index in [2.05, 4.69) is 13.8 Å². The number of rotatable bonds is 6. The minimum atomic E-state index is -3.69. The van der Waals surface area contributed by atoms with Crippen molar-refractivity contribution in [2.75, 3.05) is 7.11 Å². The SMILES string of the molecule is CCCc1oc2c(OC)cc(S(=O)(=O)c3csc4ccccc34)cc2c1CC. The van der Waals surface area contributed by atoms with Crippen LogP contribution in [0.5, 0.6) is 5.75 Å². The minimum Gasteiger partial charge on any atom is -0.493 e. The van der Waals surface area contributed by atoms with Crippen molar-refractivity contribution < 1.29 is 17.6 Å². The lowest BCUT2D eigenvalue weighted by atomic mass is 10.1. The van der Waals surface area contributed by atoms with Gasteiger partial charge in [0.1, 0.15) is 5.76 Å². The Morgan fingerprint density at radius 3 is 2.61 bits per heavy atom. The van der Waals surface area contributed by atoms with Crippen molar-refractivity contribution in [2.24, 2.45) is 0 Å². The van der Waals surface area contributed by atoms with Gasteiger partial charge in [-0.05, 0) is 25.0 Å². The molecule has 146 valence electrons. The molecule has 2 aromatic heterocycles. The van der Waals surface area contributed by atoms with Gasteiger partial charge in [-0.2, -0.15) is 0 Å². The third kappa shape index (κ3) is 2.91. The summed E-state index contributed by atoms with van der Waals surface area (Å²) < 4.78 is 39.5. The molecule has 0 N–H and O–H groups in total. The smallest absolute Gasteiger partial charge is 0.208 e. The molecule has 0 saturated heterocycles. The van der Waals surface area contributed by atoms with Gasteiger partial charge in [0.2, 0.25) is 9.84 Å². The molecular weight excluding hydrogens is 392 g/mol. The predicted octanol–water partition coefficient (Wildman–Crippen LogP) is 6.00. The molecule has 0 aliphatic carbocycles. The lowest BCUT2D eigenvalue weighted by molar-refractivity contribution is 0.406. The number of hydrogen-bond acceptors (Lipinski definition) is 5. The van der Waals surface area contributed by atoms with Gasteiger partial charge in [0.25, 0.3) is 0 Å². The summed E-state index contributed by atoms with van der Waals surface area (Å²) in [5.74, 6) is 1.36. The van der Waals surface area contributed by atoms with Gasteiger partial charge < -0.3 is 9.15 Å². The van der Waals surface area contributed by atoms with Gasteiger partial charge in [-0.15, -0.1) is 11.3 Å². The van der Waals surface area contributed by atoms with E-state index in [9.17, 15) is 8.42 Å². The molecule has 2 aromatic carbocycles. The number of hydrogen-bond donors (Lipinski definition) is 0. The zero-order valence-electron chi connectivity index (χ0n) is 16.1. The summed E-state index contributed by atoms with van der Waals surface area (Å²) in [4.78, 5) is 0.573. The summed E-state index contributed by atoms with van der Waals surface area (Å²) in [6.45, 7) is 4.16. The van der Waals surface area contributed by atoms with E-state index in [0.29, 0.717) is 16.2 Å². The van der Waals surface area contributed by atoms with Gasteiger partial charge in [0.15, 0.2) is 11.3 Å². The molecule has 0 atom stereocenters. The van der Waals surface area contributed by atoms with Crippen LogP contribution >= 0.6 is 11.3 Å². The van der Waals surface area contributed by atoms with Crippen LogP contribution in [0, 0.1) is 0 Å². The molecule has 4 aromatic rings. The molecule has 0 radical (unpaired) electrons. The molecule has 2 heterocycles. The first-order chi connectivity index (χ1) is 13.5. The van der Waals surface area contributed by atoms with Crippen molar-refractivity contribution in [3.05, 3.63) is 53.1 Å². The average Bonchev–Trinajstić information content (AvgIpc) is 3.28. The molecule has 0 bridgehead atoms. The van der Waals surface area contributed by atoms with Crippen LogP contribution in [0.3, 0.4) is 0 Å². The fourth-order valence-corrected chi connectivity index (χ4v) is 6.45. The van der Waals surface area contributed by atoms with Gasteiger partial charge in [0.05, 0.1) is 16.9 Å². The number of furan rings is 1. The molecule has 4 rings (SSSR count). The largest absolute Gasteiger partial charge is 0.493 e. The second-order valence-electron chi connectivity index (χ2n) is 6.71. The third-order valence-electron chi connectivity index (χ3n) is 5.01. The normalized spacial score (nSPS) is 12.1. The van der Waals surface area contributed by atoms with Crippen molar-refractivity contribution in [1.29, 1.82) is 0 Å². The summed E-state index contributed by atoms with van der Waals surface area (Å²) in [5.41, 5.74) is 1.68. The summed E-state index contributed by atoms with van der Waals surface area (Å²) in [6.07, 6.45) is 2.55. The number of aryl methyl sites for hydroxylation is 2. The summed E-state index contributed by atoms with van der Waals surface area (Å²) in [7, 11) is -2.15. The first-order valence-electron chi connectivity index (χ1n) is 9.34. The zero-order chi connectivity index (χ0) is 19.9. The van der Waals surface area contributed by atoms with Crippen molar-refractivity contribution in [3.63, 3.8) is 0 Å². The van der Waals surface area contributed by atoms with Crippen LogP contribution in [0.2, 0.25) is 0 Å². The highest BCUT2D eigenvalue weighted by molar-refractivity contribution is 7.92. The molecule has 0 amide bonds. The highest BCUT2D eigenvalue weighted by atomic mass is 32.2. The Balaban J connectivity index is 1.98. The Hall–Kier alpha value is -2.31. The van der Waals surface area contributed by atoms with E-state index in [1.54, 1.807) is 24.6 Å². The Morgan fingerprint density at radius 1 is 1.11 bits per heavy atom. The maximum Gasteiger partial charge on any atom is 0.208 e. The van der Waals surface area contributed by atoms with Crippen molar-refractivity contribution in [2.45, 2.75) is 42.9 Å². The fourth-order valence-electron chi connectivity index (χ4n) is 3.65. The lowest BCUT2D eigenvalue weighted by Crippen LogP contribution is -2.02.